The number of aromatic amines is 1. The predicted molar refractivity (Wildman–Crippen MR) is 80.6 cm³/mol. The molecule has 3 aromatic rings. The summed E-state index contributed by atoms with van der Waals surface area (Å²) in [7, 11) is 0. The average Bonchev–Trinajstić information content (AvgIpc) is 3.04. The number of aromatic nitrogens is 2. The third kappa shape index (κ3) is 2.58. The standard InChI is InChI=1S/C13H13ClN4S/c14-11-2-8-1-9(4-15)18-12(8)3-13(11)16-5-10-6-19-7-17-10/h1-3,6-7,16,18H,4-5,15H2. The van der Waals surface area contributed by atoms with E-state index in [1.807, 2.05) is 29.1 Å². The van der Waals surface area contributed by atoms with Crippen molar-refractivity contribution in [2.75, 3.05) is 5.32 Å². The van der Waals surface area contributed by atoms with Crippen molar-refractivity contribution < 1.29 is 0 Å². The maximum atomic E-state index is 6.27. The van der Waals surface area contributed by atoms with E-state index in [4.69, 9.17) is 17.3 Å². The van der Waals surface area contributed by atoms with Crippen LogP contribution in [0.25, 0.3) is 10.9 Å². The normalized spacial score (nSPS) is 11.1. The summed E-state index contributed by atoms with van der Waals surface area (Å²) in [5.74, 6) is 0. The van der Waals surface area contributed by atoms with Crippen molar-refractivity contribution in [3.8, 4) is 0 Å². The zero-order valence-corrected chi connectivity index (χ0v) is 11.7. The van der Waals surface area contributed by atoms with Gasteiger partial charge in [0.2, 0.25) is 0 Å². The molecule has 4 nitrogen and oxygen atoms in total. The van der Waals surface area contributed by atoms with Crippen LogP contribution in [0.3, 0.4) is 0 Å². The van der Waals surface area contributed by atoms with E-state index in [1.54, 1.807) is 11.3 Å². The quantitative estimate of drug-likeness (QED) is 0.691. The largest absolute Gasteiger partial charge is 0.378 e. The van der Waals surface area contributed by atoms with Gasteiger partial charge in [0, 0.05) is 28.5 Å². The number of benzene rings is 1. The Balaban J connectivity index is 1.88. The Morgan fingerprint density at radius 1 is 1.37 bits per heavy atom. The predicted octanol–water partition coefficient (Wildman–Crippen LogP) is 3.35. The third-order valence-corrected chi connectivity index (χ3v) is 3.88. The number of nitrogens with one attached hydrogen (secondary N) is 2. The van der Waals surface area contributed by atoms with Gasteiger partial charge < -0.3 is 16.0 Å². The van der Waals surface area contributed by atoms with E-state index >= 15 is 0 Å². The van der Waals surface area contributed by atoms with Crippen LogP contribution in [0, 0.1) is 0 Å². The molecule has 0 aliphatic carbocycles. The van der Waals surface area contributed by atoms with Gasteiger partial charge in [-0.25, -0.2) is 4.98 Å². The summed E-state index contributed by atoms with van der Waals surface area (Å²) in [6.07, 6.45) is 0. The van der Waals surface area contributed by atoms with Crippen LogP contribution in [0.1, 0.15) is 11.4 Å². The Bertz CT molecular complexity index is 690. The van der Waals surface area contributed by atoms with E-state index in [0.29, 0.717) is 18.1 Å². The number of anilines is 1. The zero-order chi connectivity index (χ0) is 13.2. The highest BCUT2D eigenvalue weighted by Gasteiger charge is 2.06. The molecule has 0 atom stereocenters. The molecular weight excluding hydrogens is 280 g/mol. The molecule has 0 spiro atoms. The van der Waals surface area contributed by atoms with Crippen molar-refractivity contribution in [1.29, 1.82) is 0 Å². The van der Waals surface area contributed by atoms with Crippen LogP contribution in [0.5, 0.6) is 0 Å². The topological polar surface area (TPSA) is 66.7 Å². The van der Waals surface area contributed by atoms with Crippen molar-refractivity contribution >= 4 is 39.5 Å². The lowest BCUT2D eigenvalue weighted by Crippen LogP contribution is -2.00. The minimum absolute atomic E-state index is 0.494. The second-order valence-corrected chi connectivity index (χ2v) is 5.38. The Kier molecular flexibility index (Phi) is 3.42. The minimum Gasteiger partial charge on any atom is -0.378 e. The van der Waals surface area contributed by atoms with Crippen LogP contribution < -0.4 is 11.1 Å². The molecule has 0 saturated heterocycles. The number of H-pyrrole nitrogens is 1. The second-order valence-electron chi connectivity index (χ2n) is 4.25. The van der Waals surface area contributed by atoms with Gasteiger partial charge in [0.15, 0.2) is 0 Å². The summed E-state index contributed by atoms with van der Waals surface area (Å²) < 4.78 is 0. The Hall–Kier alpha value is -1.56. The van der Waals surface area contributed by atoms with Gasteiger partial charge in [0.1, 0.15) is 0 Å². The smallest absolute Gasteiger partial charge is 0.0795 e. The minimum atomic E-state index is 0.494. The molecule has 19 heavy (non-hydrogen) atoms. The van der Waals surface area contributed by atoms with E-state index in [0.717, 1.165) is 28.0 Å². The van der Waals surface area contributed by atoms with E-state index in [2.05, 4.69) is 15.3 Å². The summed E-state index contributed by atoms with van der Waals surface area (Å²) in [6.45, 7) is 1.16. The van der Waals surface area contributed by atoms with Gasteiger partial charge in [-0.05, 0) is 18.2 Å². The number of nitrogens with zero attached hydrogens (tertiary/aromatic N) is 1. The van der Waals surface area contributed by atoms with Gasteiger partial charge in [-0.1, -0.05) is 11.6 Å². The van der Waals surface area contributed by atoms with Gasteiger partial charge >= 0.3 is 0 Å². The van der Waals surface area contributed by atoms with Crippen LogP contribution in [0.4, 0.5) is 5.69 Å². The Labute approximate surface area is 119 Å². The molecule has 0 amide bonds. The molecule has 0 unspecified atom stereocenters. The van der Waals surface area contributed by atoms with Crippen LogP contribution in [-0.2, 0) is 13.1 Å². The zero-order valence-electron chi connectivity index (χ0n) is 10.1. The van der Waals surface area contributed by atoms with Gasteiger partial charge in [-0.3, -0.25) is 0 Å². The van der Waals surface area contributed by atoms with Crippen LogP contribution in [-0.4, -0.2) is 9.97 Å². The first kappa shape index (κ1) is 12.5. The molecule has 2 heterocycles. The van der Waals surface area contributed by atoms with Crippen molar-refractivity contribution in [2.45, 2.75) is 13.1 Å². The van der Waals surface area contributed by atoms with Crippen molar-refractivity contribution in [1.82, 2.24) is 9.97 Å². The second kappa shape index (κ2) is 5.21. The first-order chi connectivity index (χ1) is 9.26. The highest BCUT2D eigenvalue weighted by molar-refractivity contribution is 7.07. The maximum absolute atomic E-state index is 6.27. The van der Waals surface area contributed by atoms with E-state index in [-0.39, 0.29) is 0 Å². The van der Waals surface area contributed by atoms with E-state index in [1.165, 1.54) is 0 Å². The van der Waals surface area contributed by atoms with E-state index < -0.39 is 0 Å². The fourth-order valence-corrected chi connectivity index (χ4v) is 2.77. The molecule has 0 fully saturated rings. The first-order valence-electron chi connectivity index (χ1n) is 5.88. The lowest BCUT2D eigenvalue weighted by molar-refractivity contribution is 1.02. The molecule has 4 N–H and O–H groups in total. The number of hydrogen-bond donors (Lipinski definition) is 3. The third-order valence-electron chi connectivity index (χ3n) is 2.93. The molecule has 0 bridgehead atoms. The number of halogens is 1. The maximum Gasteiger partial charge on any atom is 0.0795 e. The number of nitrogens with two attached hydrogens (primary N) is 1. The van der Waals surface area contributed by atoms with Crippen LogP contribution >= 0.6 is 22.9 Å². The molecule has 1 aromatic carbocycles. The molecule has 3 rings (SSSR count). The molecule has 2 aromatic heterocycles. The summed E-state index contributed by atoms with van der Waals surface area (Å²) >= 11 is 7.85. The molecule has 0 aliphatic rings. The Morgan fingerprint density at radius 2 is 2.26 bits per heavy atom. The molecule has 6 heteroatoms. The average molecular weight is 293 g/mol. The van der Waals surface area contributed by atoms with E-state index in [9.17, 15) is 0 Å². The highest BCUT2D eigenvalue weighted by Crippen LogP contribution is 2.28. The summed E-state index contributed by atoms with van der Waals surface area (Å²) in [6, 6.07) is 5.96. The monoisotopic (exact) mass is 292 g/mol. The van der Waals surface area contributed by atoms with Gasteiger partial charge in [-0.2, -0.15) is 0 Å². The van der Waals surface area contributed by atoms with Crippen LogP contribution in [0.15, 0.2) is 29.1 Å². The lowest BCUT2D eigenvalue weighted by Gasteiger charge is -2.07. The van der Waals surface area contributed by atoms with Crippen LogP contribution in [0.2, 0.25) is 5.02 Å². The number of hydrogen-bond acceptors (Lipinski definition) is 4. The summed E-state index contributed by atoms with van der Waals surface area (Å²) in [5, 5.41) is 7.08. The molecular formula is C13H13ClN4S. The van der Waals surface area contributed by atoms with Gasteiger partial charge in [-0.15, -0.1) is 11.3 Å². The van der Waals surface area contributed by atoms with Crippen molar-refractivity contribution in [3.05, 3.63) is 45.5 Å². The SMILES string of the molecule is NCc1cc2cc(Cl)c(NCc3cscn3)cc2[nH]1. The number of fused-ring (bicyclic) bond motifs is 1. The van der Waals surface area contributed by atoms with Crippen molar-refractivity contribution in [3.63, 3.8) is 0 Å². The lowest BCUT2D eigenvalue weighted by atomic mass is 10.2. The van der Waals surface area contributed by atoms with Crippen molar-refractivity contribution in [2.24, 2.45) is 5.73 Å². The Morgan fingerprint density at radius 3 is 3.00 bits per heavy atom. The highest BCUT2D eigenvalue weighted by atomic mass is 35.5. The molecule has 0 saturated carbocycles. The van der Waals surface area contributed by atoms with Gasteiger partial charge in [0.05, 0.1) is 28.5 Å². The molecule has 0 aliphatic heterocycles. The fraction of sp³-hybridized carbons (Fsp3) is 0.154. The number of thiazole rings is 1. The summed E-state index contributed by atoms with van der Waals surface area (Å²) in [4.78, 5) is 7.50. The van der Waals surface area contributed by atoms with Gasteiger partial charge in [0.25, 0.3) is 0 Å². The fourth-order valence-electron chi connectivity index (χ4n) is 1.97. The first-order valence-corrected chi connectivity index (χ1v) is 7.20. The summed E-state index contributed by atoms with van der Waals surface area (Å²) in [5.41, 5.74) is 11.4. The number of rotatable bonds is 4. The molecule has 98 valence electrons. The molecule has 0 radical (unpaired) electrons.